The largest absolute Gasteiger partial charge is 0.359 e. The van der Waals surface area contributed by atoms with Gasteiger partial charge in [-0.2, -0.15) is 0 Å². The second-order valence-corrected chi connectivity index (χ2v) is 5.93. The van der Waals surface area contributed by atoms with Gasteiger partial charge in [-0.3, -0.25) is 0 Å². The third-order valence-corrected chi connectivity index (χ3v) is 3.53. The molecule has 0 spiro atoms. The summed E-state index contributed by atoms with van der Waals surface area (Å²) in [4.78, 5) is 6.28. The minimum atomic E-state index is -3.23. The molecule has 94 valence electrons. The number of unbranched alkanes of at least 4 members (excludes halogenated alkanes) is 1. The van der Waals surface area contributed by atoms with Crippen molar-refractivity contribution in [2.75, 3.05) is 24.7 Å². The van der Waals surface area contributed by atoms with Crippen molar-refractivity contribution in [1.29, 1.82) is 0 Å². The maximum Gasteiger partial charge on any atom is 0.179 e. The van der Waals surface area contributed by atoms with Gasteiger partial charge in [0, 0.05) is 26.0 Å². The van der Waals surface area contributed by atoms with Gasteiger partial charge in [0.25, 0.3) is 0 Å². The molecule has 0 saturated carbocycles. The van der Waals surface area contributed by atoms with Crippen LogP contribution in [0.2, 0.25) is 0 Å². The first-order valence-corrected chi connectivity index (χ1v) is 7.33. The molecule has 0 unspecified atom stereocenters. The summed E-state index contributed by atoms with van der Waals surface area (Å²) in [6.45, 7) is 4.41. The van der Waals surface area contributed by atoms with E-state index in [2.05, 4.69) is 11.6 Å². The molecular weight excluding hydrogens is 236 g/mol. The number of hydrogen-bond donors (Lipinski definition) is 0. The first-order valence-electron chi connectivity index (χ1n) is 5.44. The Morgan fingerprint density at radius 1 is 1.53 bits per heavy atom. The number of allylic oxidation sites excluding steroid dienone is 1. The van der Waals surface area contributed by atoms with Crippen LogP contribution in [0.1, 0.15) is 12.8 Å². The van der Waals surface area contributed by atoms with E-state index in [1.54, 1.807) is 18.3 Å². The molecule has 1 heterocycles. The molecule has 0 fully saturated rings. The standard InChI is InChI=1S/C12H18N2O2S/c1-4-5-6-10-14(2)12-11(17(3,15)16)8-7-9-13-12/h4,7-9H,1,5-6,10H2,2-3H3. The van der Waals surface area contributed by atoms with Crippen LogP contribution in [0.3, 0.4) is 0 Å². The fourth-order valence-corrected chi connectivity index (χ4v) is 2.40. The van der Waals surface area contributed by atoms with Crippen LogP contribution in [-0.4, -0.2) is 33.2 Å². The lowest BCUT2D eigenvalue weighted by Crippen LogP contribution is -2.22. The molecule has 5 heteroatoms. The van der Waals surface area contributed by atoms with E-state index >= 15 is 0 Å². The molecule has 0 aliphatic rings. The van der Waals surface area contributed by atoms with E-state index in [4.69, 9.17) is 0 Å². The minimum Gasteiger partial charge on any atom is -0.359 e. The number of rotatable bonds is 6. The van der Waals surface area contributed by atoms with E-state index in [0.29, 0.717) is 5.82 Å². The van der Waals surface area contributed by atoms with Gasteiger partial charge in [0.15, 0.2) is 9.84 Å². The van der Waals surface area contributed by atoms with Crippen LogP contribution in [0, 0.1) is 0 Å². The van der Waals surface area contributed by atoms with Gasteiger partial charge in [-0.25, -0.2) is 13.4 Å². The molecular formula is C12H18N2O2S. The summed E-state index contributed by atoms with van der Waals surface area (Å²) in [6.07, 6.45) is 6.49. The summed E-state index contributed by atoms with van der Waals surface area (Å²) in [6, 6.07) is 3.22. The molecule has 0 amide bonds. The number of aromatic nitrogens is 1. The van der Waals surface area contributed by atoms with Crippen molar-refractivity contribution in [2.24, 2.45) is 0 Å². The molecule has 0 aliphatic carbocycles. The third kappa shape index (κ3) is 3.85. The van der Waals surface area contributed by atoms with Crippen LogP contribution >= 0.6 is 0 Å². The van der Waals surface area contributed by atoms with Crippen molar-refractivity contribution < 1.29 is 8.42 Å². The Hall–Kier alpha value is -1.36. The van der Waals surface area contributed by atoms with Gasteiger partial charge in [-0.1, -0.05) is 6.08 Å². The van der Waals surface area contributed by atoms with Crippen molar-refractivity contribution in [3.05, 3.63) is 31.0 Å². The Bertz CT molecular complexity index is 483. The van der Waals surface area contributed by atoms with Gasteiger partial charge in [-0.05, 0) is 25.0 Å². The van der Waals surface area contributed by atoms with Gasteiger partial charge >= 0.3 is 0 Å². The lowest BCUT2D eigenvalue weighted by Gasteiger charge is -2.19. The molecule has 0 aromatic carbocycles. The van der Waals surface area contributed by atoms with Gasteiger partial charge < -0.3 is 4.90 Å². The number of nitrogens with zero attached hydrogens (tertiary/aromatic N) is 2. The van der Waals surface area contributed by atoms with E-state index in [-0.39, 0.29) is 4.90 Å². The summed E-state index contributed by atoms with van der Waals surface area (Å²) in [5.74, 6) is 0.513. The highest BCUT2D eigenvalue weighted by Gasteiger charge is 2.16. The molecule has 0 saturated heterocycles. The van der Waals surface area contributed by atoms with Gasteiger partial charge in [-0.15, -0.1) is 6.58 Å². The zero-order valence-corrected chi connectivity index (χ0v) is 11.1. The maximum absolute atomic E-state index is 11.6. The summed E-state index contributed by atoms with van der Waals surface area (Å²) in [5, 5.41) is 0. The van der Waals surface area contributed by atoms with E-state index in [9.17, 15) is 8.42 Å². The zero-order valence-electron chi connectivity index (χ0n) is 10.3. The molecule has 1 aromatic heterocycles. The van der Waals surface area contributed by atoms with Crippen LogP contribution in [0.25, 0.3) is 0 Å². The van der Waals surface area contributed by atoms with E-state index in [0.717, 1.165) is 19.4 Å². The van der Waals surface area contributed by atoms with E-state index < -0.39 is 9.84 Å². The van der Waals surface area contributed by atoms with Gasteiger partial charge in [0.2, 0.25) is 0 Å². The topological polar surface area (TPSA) is 50.3 Å². The predicted octanol–water partition coefficient (Wildman–Crippen LogP) is 1.89. The normalized spacial score (nSPS) is 11.2. The van der Waals surface area contributed by atoms with E-state index in [1.165, 1.54) is 6.26 Å². The molecule has 17 heavy (non-hydrogen) atoms. The summed E-state index contributed by atoms with van der Waals surface area (Å²) >= 11 is 0. The van der Waals surface area contributed by atoms with Crippen molar-refractivity contribution in [3.63, 3.8) is 0 Å². The molecule has 0 radical (unpaired) electrons. The van der Waals surface area contributed by atoms with Crippen LogP contribution < -0.4 is 4.90 Å². The fraction of sp³-hybridized carbons (Fsp3) is 0.417. The minimum absolute atomic E-state index is 0.279. The number of pyridine rings is 1. The number of anilines is 1. The summed E-state index contributed by atoms with van der Waals surface area (Å²) < 4.78 is 23.2. The molecule has 4 nitrogen and oxygen atoms in total. The molecule has 0 bridgehead atoms. The van der Waals surface area contributed by atoms with Crippen molar-refractivity contribution >= 4 is 15.7 Å². The van der Waals surface area contributed by atoms with Gasteiger partial charge in [0.1, 0.15) is 10.7 Å². The lowest BCUT2D eigenvalue weighted by atomic mass is 10.3. The third-order valence-electron chi connectivity index (χ3n) is 2.41. The van der Waals surface area contributed by atoms with Crippen molar-refractivity contribution in [3.8, 4) is 0 Å². The molecule has 1 aromatic rings. The number of sulfone groups is 1. The quantitative estimate of drug-likeness (QED) is 0.574. The SMILES string of the molecule is C=CCCCN(C)c1ncccc1S(C)(=O)=O. The number of hydrogen-bond acceptors (Lipinski definition) is 4. The average molecular weight is 254 g/mol. The Labute approximate surface area is 103 Å². The highest BCUT2D eigenvalue weighted by atomic mass is 32.2. The Morgan fingerprint density at radius 3 is 2.82 bits per heavy atom. The molecule has 0 atom stereocenters. The monoisotopic (exact) mass is 254 g/mol. The fourth-order valence-electron chi connectivity index (χ4n) is 1.54. The van der Waals surface area contributed by atoms with Gasteiger partial charge in [0.05, 0.1) is 0 Å². The van der Waals surface area contributed by atoms with Crippen molar-refractivity contribution in [1.82, 2.24) is 4.98 Å². The molecule has 1 rings (SSSR count). The Morgan fingerprint density at radius 2 is 2.24 bits per heavy atom. The lowest BCUT2D eigenvalue weighted by molar-refractivity contribution is 0.601. The maximum atomic E-state index is 11.6. The van der Waals surface area contributed by atoms with Crippen LogP contribution in [-0.2, 0) is 9.84 Å². The second-order valence-electron chi connectivity index (χ2n) is 3.95. The van der Waals surface area contributed by atoms with Crippen LogP contribution in [0.5, 0.6) is 0 Å². The smallest absolute Gasteiger partial charge is 0.179 e. The highest BCUT2D eigenvalue weighted by molar-refractivity contribution is 7.90. The molecule has 0 N–H and O–H groups in total. The highest BCUT2D eigenvalue weighted by Crippen LogP contribution is 2.21. The first-order chi connectivity index (χ1) is 7.96. The first kappa shape index (κ1) is 13.7. The van der Waals surface area contributed by atoms with Crippen molar-refractivity contribution in [2.45, 2.75) is 17.7 Å². The summed E-state index contributed by atoms with van der Waals surface area (Å²) in [7, 11) is -1.39. The zero-order chi connectivity index (χ0) is 12.9. The Balaban J connectivity index is 2.93. The average Bonchev–Trinajstić information content (AvgIpc) is 2.28. The summed E-state index contributed by atoms with van der Waals surface area (Å²) in [5.41, 5.74) is 0. The Kier molecular flexibility index (Phi) is 4.69. The second kappa shape index (κ2) is 5.82. The van der Waals surface area contributed by atoms with Crippen LogP contribution in [0.4, 0.5) is 5.82 Å². The predicted molar refractivity (Wildman–Crippen MR) is 70.0 cm³/mol. The van der Waals surface area contributed by atoms with E-state index in [1.807, 2.05) is 18.0 Å². The molecule has 0 aliphatic heterocycles. The van der Waals surface area contributed by atoms with Crippen LogP contribution in [0.15, 0.2) is 35.9 Å².